The molecule has 0 fully saturated rings. The molecule has 1 amide bonds. The molecule has 3 aromatic rings. The number of anilines is 1. The van der Waals surface area contributed by atoms with Gasteiger partial charge in [-0.2, -0.15) is 10.1 Å². The summed E-state index contributed by atoms with van der Waals surface area (Å²) in [6.45, 7) is 4.61. The monoisotopic (exact) mass is 504 g/mol. The first-order chi connectivity index (χ1) is 17.5. The maximum Gasteiger partial charge on any atom is 0.337 e. The van der Waals surface area contributed by atoms with Crippen LogP contribution in [-0.2, 0) is 9.53 Å². The third kappa shape index (κ3) is 5.11. The molecule has 0 spiro atoms. The van der Waals surface area contributed by atoms with E-state index in [1.165, 1.54) is 12.1 Å². The van der Waals surface area contributed by atoms with Gasteiger partial charge in [-0.25, -0.2) is 4.79 Å². The summed E-state index contributed by atoms with van der Waals surface area (Å²) in [5.74, 6) is 0.186. The quantitative estimate of drug-likeness (QED) is 0.288. The minimum atomic E-state index is -0.458. The second-order valence-corrected chi connectivity index (χ2v) is 8.13. The Morgan fingerprint density at radius 1 is 1.00 bits per heavy atom. The highest BCUT2D eigenvalue weighted by molar-refractivity contribution is 6.37. The molecule has 0 saturated carbocycles. The van der Waals surface area contributed by atoms with Gasteiger partial charge in [0.2, 0.25) is 0 Å². The number of esters is 1. The predicted octanol–water partition coefficient (Wildman–Crippen LogP) is 5.76. The SMILES string of the molecule is CCOc1cc(/C=C2\C(=O)N(c3ccc(C(=O)OC)cc3)N=C2c2ccccc2)cc(Cl)c1OCC. The molecular weight excluding hydrogens is 480 g/mol. The summed E-state index contributed by atoms with van der Waals surface area (Å²) in [5.41, 5.74) is 3.25. The topological polar surface area (TPSA) is 77.4 Å². The van der Waals surface area contributed by atoms with Crippen LogP contribution in [-0.4, -0.2) is 37.9 Å². The molecule has 1 aliphatic rings. The first-order valence-corrected chi connectivity index (χ1v) is 11.8. The molecule has 1 heterocycles. The minimum Gasteiger partial charge on any atom is -0.490 e. The van der Waals surface area contributed by atoms with E-state index in [0.717, 1.165) is 5.56 Å². The van der Waals surface area contributed by atoms with E-state index in [2.05, 4.69) is 5.10 Å². The van der Waals surface area contributed by atoms with Gasteiger partial charge in [0, 0.05) is 5.56 Å². The molecule has 0 unspecified atom stereocenters. The van der Waals surface area contributed by atoms with Crippen molar-refractivity contribution >= 4 is 41.0 Å². The van der Waals surface area contributed by atoms with Gasteiger partial charge in [-0.1, -0.05) is 41.9 Å². The molecule has 36 heavy (non-hydrogen) atoms. The number of amides is 1. The van der Waals surface area contributed by atoms with Gasteiger partial charge in [0.25, 0.3) is 5.91 Å². The third-order valence-corrected chi connectivity index (χ3v) is 5.67. The number of benzene rings is 3. The van der Waals surface area contributed by atoms with Crippen molar-refractivity contribution in [1.82, 2.24) is 0 Å². The fourth-order valence-corrected chi connectivity index (χ4v) is 4.04. The lowest BCUT2D eigenvalue weighted by molar-refractivity contribution is -0.114. The van der Waals surface area contributed by atoms with Crippen LogP contribution in [0.4, 0.5) is 5.69 Å². The van der Waals surface area contributed by atoms with Gasteiger partial charge in [0.1, 0.15) is 5.71 Å². The molecule has 0 aliphatic carbocycles. The van der Waals surface area contributed by atoms with Gasteiger partial charge in [0.05, 0.1) is 42.2 Å². The summed E-state index contributed by atoms with van der Waals surface area (Å²) in [6.07, 6.45) is 1.74. The fraction of sp³-hybridized carbons (Fsp3) is 0.179. The van der Waals surface area contributed by atoms with E-state index in [4.69, 9.17) is 25.8 Å². The molecular formula is C28H25ClN2O5. The number of nitrogens with zero attached hydrogens (tertiary/aromatic N) is 2. The Hall–Kier alpha value is -4.10. The zero-order chi connectivity index (χ0) is 25.7. The van der Waals surface area contributed by atoms with Gasteiger partial charge < -0.3 is 14.2 Å². The molecule has 1 aliphatic heterocycles. The Morgan fingerprint density at radius 2 is 1.69 bits per heavy atom. The van der Waals surface area contributed by atoms with Crippen LogP contribution in [0, 0.1) is 0 Å². The minimum absolute atomic E-state index is 0.317. The van der Waals surface area contributed by atoms with Crippen molar-refractivity contribution in [2.24, 2.45) is 5.10 Å². The van der Waals surface area contributed by atoms with Crippen molar-refractivity contribution in [1.29, 1.82) is 0 Å². The van der Waals surface area contributed by atoms with Crippen LogP contribution in [0.15, 0.2) is 77.4 Å². The van der Waals surface area contributed by atoms with E-state index in [1.54, 1.807) is 42.5 Å². The zero-order valence-corrected chi connectivity index (χ0v) is 20.9. The first kappa shape index (κ1) is 25.0. The van der Waals surface area contributed by atoms with Crippen LogP contribution in [0.1, 0.15) is 35.3 Å². The van der Waals surface area contributed by atoms with Crippen LogP contribution in [0.3, 0.4) is 0 Å². The fourth-order valence-electron chi connectivity index (χ4n) is 3.77. The average Bonchev–Trinajstić information content (AvgIpc) is 3.22. The van der Waals surface area contributed by atoms with E-state index in [-0.39, 0.29) is 5.91 Å². The van der Waals surface area contributed by atoms with Crippen molar-refractivity contribution in [3.05, 3.63) is 94.0 Å². The van der Waals surface area contributed by atoms with Crippen molar-refractivity contribution in [2.45, 2.75) is 13.8 Å². The number of hydrazone groups is 1. The molecule has 0 saturated heterocycles. The molecule has 0 radical (unpaired) electrons. The summed E-state index contributed by atoms with van der Waals surface area (Å²) >= 11 is 6.50. The second-order valence-electron chi connectivity index (χ2n) is 7.72. The number of ether oxygens (including phenoxy) is 3. The summed E-state index contributed by atoms with van der Waals surface area (Å²) < 4.78 is 16.2. The standard InChI is InChI=1S/C28H25ClN2O5/c1-4-35-24-17-18(16-23(29)26(24)36-5-2)15-22-25(19-9-7-6-8-10-19)30-31(27(22)32)21-13-11-20(12-14-21)28(33)34-3/h6-17H,4-5H2,1-3H3/b22-15-. The molecule has 7 nitrogen and oxygen atoms in total. The zero-order valence-electron chi connectivity index (χ0n) is 20.2. The molecule has 3 aromatic carbocycles. The van der Waals surface area contributed by atoms with Gasteiger partial charge in [0.15, 0.2) is 11.5 Å². The molecule has 4 rings (SSSR count). The maximum absolute atomic E-state index is 13.6. The Balaban J connectivity index is 1.78. The molecule has 0 N–H and O–H groups in total. The molecule has 8 heteroatoms. The van der Waals surface area contributed by atoms with E-state index < -0.39 is 5.97 Å². The Kier molecular flexibility index (Phi) is 7.71. The largest absolute Gasteiger partial charge is 0.490 e. The number of rotatable bonds is 8. The first-order valence-electron chi connectivity index (χ1n) is 11.4. The Bertz CT molecular complexity index is 1330. The molecule has 0 aromatic heterocycles. The normalized spacial score (nSPS) is 14.1. The number of halogens is 1. The third-order valence-electron chi connectivity index (χ3n) is 5.39. The summed E-state index contributed by atoms with van der Waals surface area (Å²) in [5, 5.41) is 6.33. The summed E-state index contributed by atoms with van der Waals surface area (Å²) in [6, 6.07) is 19.4. The molecule has 0 bridgehead atoms. The number of hydrogen-bond donors (Lipinski definition) is 0. The van der Waals surface area contributed by atoms with Crippen molar-refractivity contribution in [3.63, 3.8) is 0 Å². The van der Waals surface area contributed by atoms with E-state index in [1.807, 2.05) is 44.2 Å². The van der Waals surface area contributed by atoms with Gasteiger partial charge in [-0.3, -0.25) is 4.79 Å². The Morgan fingerprint density at radius 3 is 2.33 bits per heavy atom. The lowest BCUT2D eigenvalue weighted by atomic mass is 10.00. The van der Waals surface area contributed by atoms with Gasteiger partial charge >= 0.3 is 5.97 Å². The summed E-state index contributed by atoms with van der Waals surface area (Å²) in [7, 11) is 1.32. The van der Waals surface area contributed by atoms with Crippen LogP contribution < -0.4 is 14.5 Å². The Labute approximate surface area is 214 Å². The highest BCUT2D eigenvalue weighted by Gasteiger charge is 2.32. The van der Waals surface area contributed by atoms with E-state index >= 15 is 0 Å². The molecule has 184 valence electrons. The highest BCUT2D eigenvalue weighted by Crippen LogP contribution is 2.38. The van der Waals surface area contributed by atoms with Crippen LogP contribution in [0.2, 0.25) is 5.02 Å². The van der Waals surface area contributed by atoms with Gasteiger partial charge in [-0.15, -0.1) is 0 Å². The van der Waals surface area contributed by atoms with Gasteiger partial charge in [-0.05, 0) is 61.9 Å². The summed E-state index contributed by atoms with van der Waals surface area (Å²) in [4.78, 5) is 25.4. The number of methoxy groups -OCH3 is 1. The highest BCUT2D eigenvalue weighted by atomic mass is 35.5. The lowest BCUT2D eigenvalue weighted by Gasteiger charge is -2.14. The lowest BCUT2D eigenvalue weighted by Crippen LogP contribution is -2.21. The smallest absolute Gasteiger partial charge is 0.337 e. The van der Waals surface area contributed by atoms with Crippen molar-refractivity contribution in [3.8, 4) is 11.5 Å². The predicted molar refractivity (Wildman–Crippen MR) is 140 cm³/mol. The second kappa shape index (κ2) is 11.1. The van der Waals surface area contributed by atoms with E-state index in [9.17, 15) is 9.59 Å². The average molecular weight is 505 g/mol. The number of hydrogen-bond acceptors (Lipinski definition) is 6. The van der Waals surface area contributed by atoms with Crippen molar-refractivity contribution in [2.75, 3.05) is 25.3 Å². The maximum atomic E-state index is 13.6. The van der Waals surface area contributed by atoms with Crippen LogP contribution >= 0.6 is 11.6 Å². The van der Waals surface area contributed by atoms with E-state index in [0.29, 0.717) is 57.8 Å². The van der Waals surface area contributed by atoms with Crippen LogP contribution in [0.5, 0.6) is 11.5 Å². The van der Waals surface area contributed by atoms with Crippen molar-refractivity contribution < 1.29 is 23.8 Å². The molecule has 0 atom stereocenters. The number of carbonyl (C=O) groups excluding carboxylic acids is 2. The number of carbonyl (C=O) groups is 2. The van der Waals surface area contributed by atoms with Crippen LogP contribution in [0.25, 0.3) is 6.08 Å².